The molecule has 2 fully saturated rings. The molecule has 3 rings (SSSR count). The lowest BCUT2D eigenvalue weighted by Crippen LogP contribution is -2.49. The molecule has 3 heterocycles. The number of hydrogen-bond donors (Lipinski definition) is 0. The summed E-state index contributed by atoms with van der Waals surface area (Å²) < 4.78 is 5.11. The van der Waals surface area contributed by atoms with Gasteiger partial charge in [-0.05, 0) is 26.3 Å². The molecule has 16 heavy (non-hydrogen) atoms. The summed E-state index contributed by atoms with van der Waals surface area (Å²) >= 11 is 0. The third kappa shape index (κ3) is 1.99. The predicted octanol–water partition coefficient (Wildman–Crippen LogP) is 1.26. The van der Waals surface area contributed by atoms with E-state index in [0.717, 1.165) is 24.0 Å². The molecule has 0 radical (unpaired) electrons. The Kier molecular flexibility index (Phi) is 2.69. The van der Waals surface area contributed by atoms with E-state index in [4.69, 9.17) is 4.52 Å². The van der Waals surface area contributed by atoms with E-state index < -0.39 is 0 Å². The highest BCUT2D eigenvalue weighted by molar-refractivity contribution is 5.04. The van der Waals surface area contributed by atoms with Gasteiger partial charge in [0.25, 0.3) is 0 Å². The van der Waals surface area contributed by atoms with Crippen LogP contribution in [-0.2, 0) is 6.54 Å². The van der Waals surface area contributed by atoms with Crippen LogP contribution in [0.2, 0.25) is 0 Å². The largest absolute Gasteiger partial charge is 0.361 e. The Balaban J connectivity index is 1.60. The maximum atomic E-state index is 5.11. The van der Waals surface area contributed by atoms with E-state index >= 15 is 0 Å². The minimum atomic E-state index is 0.793. The minimum absolute atomic E-state index is 0.793. The van der Waals surface area contributed by atoms with Crippen LogP contribution in [0, 0.1) is 6.92 Å². The Morgan fingerprint density at radius 3 is 3.19 bits per heavy atom. The molecule has 0 bridgehead atoms. The third-order valence-corrected chi connectivity index (χ3v) is 3.73. The zero-order chi connectivity index (χ0) is 11.0. The maximum Gasteiger partial charge on any atom is 0.133 e. The van der Waals surface area contributed by atoms with E-state index in [2.05, 4.69) is 15.0 Å². The third-order valence-electron chi connectivity index (χ3n) is 3.73. The van der Waals surface area contributed by atoms with Gasteiger partial charge in [0.1, 0.15) is 5.76 Å². The standard InChI is InChI=1S/C12H19N3O/c1-10-7-11(13-16-10)8-14-5-6-15-4-2-3-12(15)9-14/h7,12H,2-6,8-9H2,1H3. The number of aryl methyl sites for hydroxylation is 1. The van der Waals surface area contributed by atoms with E-state index in [0.29, 0.717) is 0 Å². The first-order valence-corrected chi connectivity index (χ1v) is 6.20. The normalized spacial score (nSPS) is 27.2. The summed E-state index contributed by atoms with van der Waals surface area (Å²) in [6.07, 6.45) is 2.75. The van der Waals surface area contributed by atoms with Gasteiger partial charge < -0.3 is 4.52 Å². The lowest BCUT2D eigenvalue weighted by atomic mass is 10.1. The van der Waals surface area contributed by atoms with Crippen molar-refractivity contribution in [2.45, 2.75) is 32.4 Å². The van der Waals surface area contributed by atoms with Crippen LogP contribution in [0.5, 0.6) is 0 Å². The van der Waals surface area contributed by atoms with Gasteiger partial charge in [0.15, 0.2) is 0 Å². The van der Waals surface area contributed by atoms with Crippen LogP contribution in [0.3, 0.4) is 0 Å². The fourth-order valence-electron chi connectivity index (χ4n) is 2.92. The van der Waals surface area contributed by atoms with E-state index in [-0.39, 0.29) is 0 Å². The molecule has 2 aliphatic heterocycles. The molecule has 1 aromatic heterocycles. The monoisotopic (exact) mass is 221 g/mol. The molecule has 2 saturated heterocycles. The van der Waals surface area contributed by atoms with Crippen molar-refractivity contribution in [1.29, 1.82) is 0 Å². The Labute approximate surface area is 96.2 Å². The molecule has 2 aliphatic rings. The predicted molar refractivity (Wildman–Crippen MR) is 61.1 cm³/mol. The van der Waals surface area contributed by atoms with E-state index in [1.165, 1.54) is 39.0 Å². The van der Waals surface area contributed by atoms with Crippen molar-refractivity contribution in [1.82, 2.24) is 15.0 Å². The zero-order valence-corrected chi connectivity index (χ0v) is 9.85. The van der Waals surface area contributed by atoms with Crippen molar-refractivity contribution in [2.24, 2.45) is 0 Å². The van der Waals surface area contributed by atoms with Crippen LogP contribution in [-0.4, -0.2) is 47.2 Å². The first-order chi connectivity index (χ1) is 7.81. The van der Waals surface area contributed by atoms with Gasteiger partial charge in [-0.3, -0.25) is 9.80 Å². The van der Waals surface area contributed by atoms with Crippen LogP contribution in [0.25, 0.3) is 0 Å². The smallest absolute Gasteiger partial charge is 0.133 e. The van der Waals surface area contributed by atoms with Crippen LogP contribution in [0.4, 0.5) is 0 Å². The highest BCUT2D eigenvalue weighted by Gasteiger charge is 2.30. The van der Waals surface area contributed by atoms with Gasteiger partial charge >= 0.3 is 0 Å². The number of hydrogen-bond acceptors (Lipinski definition) is 4. The van der Waals surface area contributed by atoms with Crippen molar-refractivity contribution in [2.75, 3.05) is 26.2 Å². The van der Waals surface area contributed by atoms with Gasteiger partial charge in [0.2, 0.25) is 0 Å². The van der Waals surface area contributed by atoms with Gasteiger partial charge in [-0.25, -0.2) is 0 Å². The van der Waals surface area contributed by atoms with Gasteiger partial charge in [-0.1, -0.05) is 5.16 Å². The van der Waals surface area contributed by atoms with Gasteiger partial charge in [-0.2, -0.15) is 0 Å². The second-order valence-corrected chi connectivity index (χ2v) is 5.00. The SMILES string of the molecule is Cc1cc(CN2CCN3CCCC3C2)no1. The first-order valence-electron chi connectivity index (χ1n) is 6.20. The number of piperazine rings is 1. The molecular formula is C12H19N3O. The topological polar surface area (TPSA) is 32.5 Å². The summed E-state index contributed by atoms with van der Waals surface area (Å²) in [5.41, 5.74) is 1.07. The fourth-order valence-corrected chi connectivity index (χ4v) is 2.92. The first kappa shape index (κ1) is 10.3. The second-order valence-electron chi connectivity index (χ2n) is 5.00. The molecule has 0 amide bonds. The van der Waals surface area contributed by atoms with Crippen LogP contribution >= 0.6 is 0 Å². The van der Waals surface area contributed by atoms with Gasteiger partial charge in [0, 0.05) is 38.3 Å². The lowest BCUT2D eigenvalue weighted by Gasteiger charge is -2.37. The molecular weight excluding hydrogens is 202 g/mol. The van der Waals surface area contributed by atoms with Gasteiger partial charge in [0.05, 0.1) is 5.69 Å². The van der Waals surface area contributed by atoms with Crippen molar-refractivity contribution in [3.8, 4) is 0 Å². The van der Waals surface area contributed by atoms with Crippen LogP contribution in [0.15, 0.2) is 10.6 Å². The van der Waals surface area contributed by atoms with Crippen molar-refractivity contribution in [3.05, 3.63) is 17.5 Å². The Hall–Kier alpha value is -0.870. The molecule has 0 N–H and O–H groups in total. The maximum absolute atomic E-state index is 5.11. The average Bonchev–Trinajstić information content (AvgIpc) is 2.87. The lowest BCUT2D eigenvalue weighted by molar-refractivity contribution is 0.0976. The summed E-state index contributed by atoms with van der Waals surface area (Å²) in [4.78, 5) is 5.13. The van der Waals surface area contributed by atoms with E-state index in [1.807, 2.05) is 13.0 Å². The molecule has 4 heteroatoms. The fraction of sp³-hybridized carbons (Fsp3) is 0.750. The van der Waals surface area contributed by atoms with E-state index in [9.17, 15) is 0 Å². The Morgan fingerprint density at radius 1 is 1.44 bits per heavy atom. The highest BCUT2D eigenvalue weighted by Crippen LogP contribution is 2.22. The molecule has 88 valence electrons. The molecule has 4 nitrogen and oxygen atoms in total. The molecule has 1 unspecified atom stereocenters. The zero-order valence-electron chi connectivity index (χ0n) is 9.85. The molecule has 0 spiro atoms. The molecule has 1 atom stereocenters. The Bertz CT molecular complexity index is 363. The molecule has 1 aromatic rings. The number of fused-ring (bicyclic) bond motifs is 1. The highest BCUT2D eigenvalue weighted by atomic mass is 16.5. The second kappa shape index (κ2) is 4.18. The summed E-state index contributed by atoms with van der Waals surface area (Å²) in [7, 11) is 0. The van der Waals surface area contributed by atoms with E-state index in [1.54, 1.807) is 0 Å². The number of nitrogens with zero attached hydrogens (tertiary/aromatic N) is 3. The minimum Gasteiger partial charge on any atom is -0.361 e. The summed E-state index contributed by atoms with van der Waals surface area (Å²) in [5.74, 6) is 0.912. The summed E-state index contributed by atoms with van der Waals surface area (Å²) in [6, 6.07) is 2.84. The van der Waals surface area contributed by atoms with Crippen molar-refractivity contribution >= 4 is 0 Å². The number of aromatic nitrogens is 1. The quantitative estimate of drug-likeness (QED) is 0.752. The Morgan fingerprint density at radius 2 is 2.38 bits per heavy atom. The van der Waals surface area contributed by atoms with Crippen LogP contribution < -0.4 is 0 Å². The summed E-state index contributed by atoms with van der Waals surface area (Å²) in [6.45, 7) is 7.80. The summed E-state index contributed by atoms with van der Waals surface area (Å²) in [5, 5.41) is 4.07. The average molecular weight is 221 g/mol. The number of rotatable bonds is 2. The van der Waals surface area contributed by atoms with Crippen LogP contribution in [0.1, 0.15) is 24.3 Å². The molecule has 0 aromatic carbocycles. The van der Waals surface area contributed by atoms with Crippen molar-refractivity contribution in [3.63, 3.8) is 0 Å². The molecule has 0 saturated carbocycles. The van der Waals surface area contributed by atoms with Crippen molar-refractivity contribution < 1.29 is 4.52 Å². The van der Waals surface area contributed by atoms with Gasteiger partial charge in [-0.15, -0.1) is 0 Å². The molecule has 0 aliphatic carbocycles.